The van der Waals surface area contributed by atoms with E-state index in [1.54, 1.807) is 0 Å². The van der Waals surface area contributed by atoms with Gasteiger partial charge in [-0.1, -0.05) is 0 Å². The van der Waals surface area contributed by atoms with Crippen molar-refractivity contribution in [2.75, 3.05) is 49.2 Å². The number of nitrogens with one attached hydrogen (secondary N) is 1. The number of hydrogen-bond donors (Lipinski definition) is 2. The maximum absolute atomic E-state index is 11.5. The third-order valence-corrected chi connectivity index (χ3v) is 3.99. The lowest BCUT2D eigenvalue weighted by molar-refractivity contribution is -0.116. The van der Waals surface area contributed by atoms with Gasteiger partial charge < -0.3 is 20.9 Å². The first kappa shape index (κ1) is 12.3. The first-order chi connectivity index (χ1) is 9.13. The van der Waals surface area contributed by atoms with E-state index in [-0.39, 0.29) is 5.91 Å². The number of aryl methyl sites for hydroxylation is 1. The Labute approximate surface area is 113 Å². The molecule has 0 spiro atoms. The molecule has 1 amide bonds. The van der Waals surface area contributed by atoms with E-state index in [0.717, 1.165) is 55.2 Å². The zero-order valence-corrected chi connectivity index (χ0v) is 11.3. The largest absolute Gasteiger partial charge is 0.397 e. The molecule has 0 aliphatic carbocycles. The van der Waals surface area contributed by atoms with Crippen LogP contribution in [0.1, 0.15) is 12.0 Å². The topological polar surface area (TPSA) is 61.6 Å². The van der Waals surface area contributed by atoms with Crippen molar-refractivity contribution in [3.63, 3.8) is 0 Å². The fraction of sp³-hybridized carbons (Fsp3) is 0.500. The quantitative estimate of drug-likeness (QED) is 0.737. The molecule has 1 aromatic rings. The second-order valence-electron chi connectivity index (χ2n) is 5.41. The summed E-state index contributed by atoms with van der Waals surface area (Å²) in [5.74, 6) is 0.0987. The van der Waals surface area contributed by atoms with E-state index in [9.17, 15) is 4.79 Å². The Hall–Kier alpha value is -1.75. The predicted octanol–water partition coefficient (Wildman–Crippen LogP) is 0.905. The van der Waals surface area contributed by atoms with Crippen LogP contribution in [-0.2, 0) is 11.2 Å². The summed E-state index contributed by atoms with van der Waals surface area (Å²) in [5, 5.41) is 2.94. The lowest BCUT2D eigenvalue weighted by atomic mass is 10.0. The summed E-state index contributed by atoms with van der Waals surface area (Å²) in [4.78, 5) is 16.1. The molecule has 1 fully saturated rings. The molecule has 0 atom stereocenters. The van der Waals surface area contributed by atoms with Crippen LogP contribution in [-0.4, -0.2) is 44.0 Å². The van der Waals surface area contributed by atoms with Crippen molar-refractivity contribution in [1.82, 2.24) is 4.90 Å². The number of carbonyl (C=O) groups is 1. The minimum absolute atomic E-state index is 0.0987. The molecule has 2 aliphatic rings. The van der Waals surface area contributed by atoms with Crippen molar-refractivity contribution in [2.24, 2.45) is 0 Å². The Bertz CT molecular complexity index is 506. The molecule has 5 heteroatoms. The summed E-state index contributed by atoms with van der Waals surface area (Å²) in [5.41, 5.74) is 10.1. The number of nitrogens with two attached hydrogens (primary N) is 1. The second kappa shape index (κ2) is 4.74. The Morgan fingerprint density at radius 3 is 2.63 bits per heavy atom. The van der Waals surface area contributed by atoms with E-state index in [0.29, 0.717) is 6.42 Å². The summed E-state index contributed by atoms with van der Waals surface area (Å²) in [6, 6.07) is 4.05. The lowest BCUT2D eigenvalue weighted by Gasteiger charge is -2.35. The summed E-state index contributed by atoms with van der Waals surface area (Å²) in [7, 11) is 2.13. The third kappa shape index (κ3) is 2.38. The number of carbonyl (C=O) groups excluding carboxylic acids is 1. The number of rotatable bonds is 1. The molecule has 0 aromatic heterocycles. The number of hydrogen-bond acceptors (Lipinski definition) is 4. The zero-order valence-electron chi connectivity index (χ0n) is 11.3. The van der Waals surface area contributed by atoms with Gasteiger partial charge in [0.1, 0.15) is 0 Å². The monoisotopic (exact) mass is 260 g/mol. The van der Waals surface area contributed by atoms with Crippen molar-refractivity contribution in [3.05, 3.63) is 17.7 Å². The van der Waals surface area contributed by atoms with Gasteiger partial charge >= 0.3 is 0 Å². The highest BCUT2D eigenvalue weighted by Gasteiger charge is 2.21. The fourth-order valence-electron chi connectivity index (χ4n) is 2.76. The van der Waals surface area contributed by atoms with E-state index in [2.05, 4.69) is 22.2 Å². The molecule has 2 aliphatic heterocycles. The van der Waals surface area contributed by atoms with Crippen molar-refractivity contribution in [1.29, 1.82) is 0 Å². The van der Waals surface area contributed by atoms with Gasteiger partial charge in [0.25, 0.3) is 0 Å². The number of nitrogen functional groups attached to an aromatic ring is 1. The van der Waals surface area contributed by atoms with Crippen LogP contribution in [0.5, 0.6) is 0 Å². The molecule has 102 valence electrons. The number of benzene rings is 1. The molecule has 1 saturated heterocycles. The standard InChI is InChI=1S/C14H20N4O/c1-17-4-6-18(7-5-17)13-9-12-10(8-11(13)15)2-3-14(19)16-12/h8-9H,2-7,15H2,1H3,(H,16,19). The highest BCUT2D eigenvalue weighted by atomic mass is 16.1. The molecule has 0 bridgehead atoms. The SMILES string of the molecule is CN1CCN(c2cc3c(cc2N)CCC(=O)N3)CC1. The smallest absolute Gasteiger partial charge is 0.224 e. The van der Waals surface area contributed by atoms with Gasteiger partial charge in [-0.25, -0.2) is 0 Å². The van der Waals surface area contributed by atoms with Crippen LogP contribution in [0.15, 0.2) is 12.1 Å². The van der Waals surface area contributed by atoms with Crippen LogP contribution in [0, 0.1) is 0 Å². The van der Waals surface area contributed by atoms with Gasteiger partial charge in [0.2, 0.25) is 5.91 Å². The van der Waals surface area contributed by atoms with Gasteiger partial charge in [-0.15, -0.1) is 0 Å². The molecular weight excluding hydrogens is 240 g/mol. The van der Waals surface area contributed by atoms with E-state index in [1.807, 2.05) is 12.1 Å². The average Bonchev–Trinajstić information content (AvgIpc) is 2.40. The third-order valence-electron chi connectivity index (χ3n) is 3.99. The van der Waals surface area contributed by atoms with Crippen molar-refractivity contribution in [2.45, 2.75) is 12.8 Å². The Balaban J connectivity index is 1.89. The molecule has 2 heterocycles. The summed E-state index contributed by atoms with van der Waals surface area (Å²) in [6.07, 6.45) is 1.34. The molecule has 0 unspecified atom stereocenters. The van der Waals surface area contributed by atoms with Gasteiger partial charge in [-0.05, 0) is 31.2 Å². The number of anilines is 3. The van der Waals surface area contributed by atoms with Crippen LogP contribution in [0.3, 0.4) is 0 Å². The predicted molar refractivity (Wildman–Crippen MR) is 77.5 cm³/mol. The molecule has 19 heavy (non-hydrogen) atoms. The molecule has 3 N–H and O–H groups in total. The van der Waals surface area contributed by atoms with E-state index in [4.69, 9.17) is 5.73 Å². The number of nitrogens with zero attached hydrogens (tertiary/aromatic N) is 2. The maximum Gasteiger partial charge on any atom is 0.224 e. The van der Waals surface area contributed by atoms with Gasteiger partial charge in [-0.3, -0.25) is 4.79 Å². The van der Waals surface area contributed by atoms with Gasteiger partial charge in [0, 0.05) is 38.3 Å². The van der Waals surface area contributed by atoms with E-state index < -0.39 is 0 Å². The number of piperazine rings is 1. The second-order valence-corrected chi connectivity index (χ2v) is 5.41. The van der Waals surface area contributed by atoms with E-state index >= 15 is 0 Å². The van der Waals surface area contributed by atoms with Crippen LogP contribution in [0.25, 0.3) is 0 Å². The normalized spacial score (nSPS) is 20.1. The van der Waals surface area contributed by atoms with Crippen LogP contribution < -0.4 is 16.0 Å². The average molecular weight is 260 g/mol. The maximum atomic E-state index is 11.5. The molecular formula is C14H20N4O. The first-order valence-corrected chi connectivity index (χ1v) is 6.79. The molecule has 0 radical (unpaired) electrons. The molecule has 1 aromatic carbocycles. The molecule has 0 saturated carbocycles. The highest BCUT2D eigenvalue weighted by Crippen LogP contribution is 2.33. The minimum Gasteiger partial charge on any atom is -0.397 e. The Morgan fingerprint density at radius 2 is 1.89 bits per heavy atom. The number of likely N-dealkylation sites (N-methyl/N-ethyl adjacent to an activating group) is 1. The van der Waals surface area contributed by atoms with Gasteiger partial charge in [0.15, 0.2) is 0 Å². The summed E-state index contributed by atoms with van der Waals surface area (Å²) < 4.78 is 0. The van der Waals surface area contributed by atoms with Crippen molar-refractivity contribution < 1.29 is 4.79 Å². The summed E-state index contributed by atoms with van der Waals surface area (Å²) >= 11 is 0. The van der Waals surface area contributed by atoms with Crippen LogP contribution in [0.4, 0.5) is 17.1 Å². The molecule has 5 nitrogen and oxygen atoms in total. The number of amides is 1. The summed E-state index contributed by atoms with van der Waals surface area (Å²) in [6.45, 7) is 4.05. The fourth-order valence-corrected chi connectivity index (χ4v) is 2.76. The van der Waals surface area contributed by atoms with Crippen molar-refractivity contribution >= 4 is 23.0 Å². The van der Waals surface area contributed by atoms with Gasteiger partial charge in [-0.2, -0.15) is 0 Å². The van der Waals surface area contributed by atoms with Crippen molar-refractivity contribution in [3.8, 4) is 0 Å². The zero-order chi connectivity index (χ0) is 13.4. The lowest BCUT2D eigenvalue weighted by Crippen LogP contribution is -2.44. The first-order valence-electron chi connectivity index (χ1n) is 6.79. The minimum atomic E-state index is 0.0987. The van der Waals surface area contributed by atoms with Gasteiger partial charge in [0.05, 0.1) is 11.4 Å². The Kier molecular flexibility index (Phi) is 3.06. The van der Waals surface area contributed by atoms with E-state index in [1.165, 1.54) is 0 Å². The highest BCUT2D eigenvalue weighted by molar-refractivity contribution is 5.95. The number of fused-ring (bicyclic) bond motifs is 1. The Morgan fingerprint density at radius 1 is 1.16 bits per heavy atom. The molecule has 3 rings (SSSR count). The van der Waals surface area contributed by atoms with Crippen LogP contribution in [0.2, 0.25) is 0 Å². The van der Waals surface area contributed by atoms with Crippen LogP contribution >= 0.6 is 0 Å².